The van der Waals surface area contributed by atoms with Crippen molar-refractivity contribution in [3.63, 3.8) is 0 Å². The van der Waals surface area contributed by atoms with E-state index in [9.17, 15) is 13.2 Å². The van der Waals surface area contributed by atoms with E-state index >= 15 is 0 Å². The summed E-state index contributed by atoms with van der Waals surface area (Å²) in [5, 5.41) is 3.05. The molecule has 1 amide bonds. The molecule has 2 heterocycles. The normalized spacial score (nSPS) is 18.6. The summed E-state index contributed by atoms with van der Waals surface area (Å²) in [5.41, 5.74) is 0.941. The van der Waals surface area contributed by atoms with Gasteiger partial charge in [-0.25, -0.2) is 8.42 Å². The molecule has 4 rings (SSSR count). The fourth-order valence-electron chi connectivity index (χ4n) is 3.84. The molecule has 30 heavy (non-hydrogen) atoms. The third kappa shape index (κ3) is 4.29. The molecule has 0 aliphatic carbocycles. The van der Waals surface area contributed by atoms with Crippen LogP contribution >= 0.6 is 0 Å². The SMILES string of the molecule is CC(NC(=O)C1CCN(S(=O)(=O)c2ccccc2)CC1)c1ccc2c(c1)OCCO2. The number of carbonyl (C=O) groups excluding carboxylic acids is 1. The van der Waals surface area contributed by atoms with Gasteiger partial charge in [-0.2, -0.15) is 4.31 Å². The fourth-order valence-corrected chi connectivity index (χ4v) is 5.33. The van der Waals surface area contributed by atoms with Crippen molar-refractivity contribution < 1.29 is 22.7 Å². The Bertz CT molecular complexity index is 1000. The van der Waals surface area contributed by atoms with E-state index in [1.807, 2.05) is 25.1 Å². The van der Waals surface area contributed by atoms with Gasteiger partial charge in [-0.15, -0.1) is 0 Å². The Hall–Kier alpha value is -2.58. The molecule has 1 unspecified atom stereocenters. The summed E-state index contributed by atoms with van der Waals surface area (Å²) in [6, 6.07) is 13.9. The molecule has 2 aromatic rings. The number of nitrogens with zero attached hydrogens (tertiary/aromatic N) is 1. The number of benzene rings is 2. The largest absolute Gasteiger partial charge is 0.486 e. The van der Waals surface area contributed by atoms with Crippen molar-refractivity contribution in [3.8, 4) is 11.5 Å². The maximum Gasteiger partial charge on any atom is 0.243 e. The van der Waals surface area contributed by atoms with Crippen molar-refractivity contribution in [1.29, 1.82) is 0 Å². The number of fused-ring (bicyclic) bond motifs is 1. The highest BCUT2D eigenvalue weighted by atomic mass is 32.2. The second-order valence-electron chi connectivity index (χ2n) is 7.62. The summed E-state index contributed by atoms with van der Waals surface area (Å²) in [7, 11) is -3.51. The highest BCUT2D eigenvalue weighted by Gasteiger charge is 2.32. The van der Waals surface area contributed by atoms with E-state index in [4.69, 9.17) is 9.47 Å². The molecule has 160 valence electrons. The maximum atomic E-state index is 12.8. The molecule has 0 radical (unpaired) electrons. The van der Waals surface area contributed by atoms with Crippen LogP contribution in [0.4, 0.5) is 0 Å². The van der Waals surface area contributed by atoms with Gasteiger partial charge in [0.2, 0.25) is 15.9 Å². The van der Waals surface area contributed by atoms with Crippen LogP contribution in [0.5, 0.6) is 11.5 Å². The summed E-state index contributed by atoms with van der Waals surface area (Å²) in [5.74, 6) is 1.16. The predicted octanol–water partition coefficient (Wildman–Crippen LogP) is 2.74. The van der Waals surface area contributed by atoms with Gasteiger partial charge in [0.1, 0.15) is 13.2 Å². The van der Waals surface area contributed by atoms with Crippen LogP contribution in [0.15, 0.2) is 53.4 Å². The fraction of sp³-hybridized carbons (Fsp3) is 0.409. The van der Waals surface area contributed by atoms with Crippen LogP contribution in [0, 0.1) is 5.92 Å². The Labute approximate surface area is 177 Å². The van der Waals surface area contributed by atoms with E-state index in [-0.39, 0.29) is 17.9 Å². The molecule has 0 saturated carbocycles. The van der Waals surface area contributed by atoms with E-state index in [0.29, 0.717) is 49.8 Å². The lowest BCUT2D eigenvalue weighted by Gasteiger charge is -2.31. The Morgan fingerprint density at radius 3 is 2.40 bits per heavy atom. The van der Waals surface area contributed by atoms with Crippen molar-refractivity contribution in [2.75, 3.05) is 26.3 Å². The van der Waals surface area contributed by atoms with E-state index in [1.54, 1.807) is 30.3 Å². The predicted molar refractivity (Wildman–Crippen MR) is 112 cm³/mol. The molecule has 0 bridgehead atoms. The van der Waals surface area contributed by atoms with Crippen LogP contribution in [-0.2, 0) is 14.8 Å². The maximum absolute atomic E-state index is 12.8. The highest BCUT2D eigenvalue weighted by Crippen LogP contribution is 2.33. The van der Waals surface area contributed by atoms with Crippen LogP contribution in [0.25, 0.3) is 0 Å². The van der Waals surface area contributed by atoms with Gasteiger partial charge in [-0.1, -0.05) is 24.3 Å². The van der Waals surface area contributed by atoms with Crippen molar-refractivity contribution in [2.45, 2.75) is 30.7 Å². The number of rotatable bonds is 5. The van der Waals surface area contributed by atoms with Crippen molar-refractivity contribution in [3.05, 3.63) is 54.1 Å². The lowest BCUT2D eigenvalue weighted by Crippen LogP contribution is -2.43. The number of amides is 1. The number of hydrogen-bond acceptors (Lipinski definition) is 5. The van der Waals surface area contributed by atoms with Gasteiger partial charge >= 0.3 is 0 Å². The second kappa shape index (κ2) is 8.65. The van der Waals surface area contributed by atoms with Crippen molar-refractivity contribution >= 4 is 15.9 Å². The number of ether oxygens (including phenoxy) is 2. The third-order valence-electron chi connectivity index (χ3n) is 5.63. The summed E-state index contributed by atoms with van der Waals surface area (Å²) >= 11 is 0. The van der Waals surface area contributed by atoms with E-state index < -0.39 is 10.0 Å². The lowest BCUT2D eigenvalue weighted by atomic mass is 9.96. The molecule has 1 atom stereocenters. The van der Waals surface area contributed by atoms with Gasteiger partial charge in [0.25, 0.3) is 0 Å². The average Bonchev–Trinajstić information content (AvgIpc) is 2.79. The van der Waals surface area contributed by atoms with E-state index in [1.165, 1.54) is 4.31 Å². The first-order chi connectivity index (χ1) is 14.4. The zero-order valence-corrected chi connectivity index (χ0v) is 17.7. The average molecular weight is 431 g/mol. The van der Waals surface area contributed by atoms with Crippen molar-refractivity contribution in [2.24, 2.45) is 5.92 Å². The van der Waals surface area contributed by atoms with Crippen molar-refractivity contribution in [1.82, 2.24) is 9.62 Å². The summed E-state index contributed by atoms with van der Waals surface area (Å²) in [6.45, 7) is 3.67. The first kappa shape index (κ1) is 20.7. The first-order valence-electron chi connectivity index (χ1n) is 10.2. The van der Waals surface area contributed by atoms with Crippen LogP contribution < -0.4 is 14.8 Å². The Kier molecular flexibility index (Phi) is 5.97. The highest BCUT2D eigenvalue weighted by molar-refractivity contribution is 7.89. The zero-order chi connectivity index (χ0) is 21.1. The summed E-state index contributed by atoms with van der Waals surface area (Å²) < 4.78 is 38.1. The van der Waals surface area contributed by atoms with E-state index in [2.05, 4.69) is 5.32 Å². The molecule has 1 fully saturated rings. The Morgan fingerprint density at radius 2 is 1.70 bits per heavy atom. The minimum atomic E-state index is -3.51. The standard InChI is InChI=1S/C22H26N2O5S/c1-16(18-7-8-20-21(15-18)29-14-13-28-20)23-22(25)17-9-11-24(12-10-17)30(26,27)19-5-3-2-4-6-19/h2-8,15-17H,9-14H2,1H3,(H,23,25). The zero-order valence-electron chi connectivity index (χ0n) is 16.9. The number of carbonyl (C=O) groups is 1. The van der Waals surface area contributed by atoms with Gasteiger partial charge in [0.15, 0.2) is 11.5 Å². The lowest BCUT2D eigenvalue weighted by molar-refractivity contribution is -0.126. The Balaban J connectivity index is 1.34. The molecule has 0 aromatic heterocycles. The molecular weight excluding hydrogens is 404 g/mol. The molecule has 1 saturated heterocycles. The summed E-state index contributed by atoms with van der Waals surface area (Å²) in [6.07, 6.45) is 1.01. The van der Waals surface area contributed by atoms with Crippen LogP contribution in [0.2, 0.25) is 0 Å². The smallest absolute Gasteiger partial charge is 0.243 e. The number of hydrogen-bond donors (Lipinski definition) is 1. The number of sulfonamides is 1. The quantitative estimate of drug-likeness (QED) is 0.789. The third-order valence-corrected chi connectivity index (χ3v) is 7.54. The molecule has 0 spiro atoms. The molecular formula is C22H26N2O5S. The molecule has 7 nitrogen and oxygen atoms in total. The van der Waals surface area contributed by atoms with Gasteiger partial charge in [-0.05, 0) is 49.6 Å². The topological polar surface area (TPSA) is 84.9 Å². The second-order valence-corrected chi connectivity index (χ2v) is 9.56. The van der Waals surface area contributed by atoms with E-state index in [0.717, 1.165) is 11.3 Å². The minimum absolute atomic E-state index is 0.0471. The molecule has 2 aromatic carbocycles. The monoisotopic (exact) mass is 430 g/mol. The molecule has 1 N–H and O–H groups in total. The van der Waals surface area contributed by atoms with Crippen LogP contribution in [-0.4, -0.2) is 44.9 Å². The number of piperidine rings is 1. The molecule has 2 aliphatic heterocycles. The van der Waals surface area contributed by atoms with Gasteiger partial charge in [0.05, 0.1) is 10.9 Å². The van der Waals surface area contributed by atoms with Crippen LogP contribution in [0.1, 0.15) is 31.4 Å². The first-order valence-corrected chi connectivity index (χ1v) is 11.6. The number of nitrogens with one attached hydrogen (secondary N) is 1. The molecule has 2 aliphatic rings. The van der Waals surface area contributed by atoms with Gasteiger partial charge in [-0.3, -0.25) is 4.79 Å². The van der Waals surface area contributed by atoms with Gasteiger partial charge in [0, 0.05) is 19.0 Å². The minimum Gasteiger partial charge on any atom is -0.486 e. The summed E-state index contributed by atoms with van der Waals surface area (Å²) in [4.78, 5) is 13.1. The van der Waals surface area contributed by atoms with Crippen LogP contribution in [0.3, 0.4) is 0 Å². The molecule has 8 heteroatoms. The van der Waals surface area contributed by atoms with Gasteiger partial charge < -0.3 is 14.8 Å². The Morgan fingerprint density at radius 1 is 1.03 bits per heavy atom.